The van der Waals surface area contributed by atoms with Crippen LogP contribution in [-0.4, -0.2) is 0 Å². The summed E-state index contributed by atoms with van der Waals surface area (Å²) in [7, 11) is 0. The van der Waals surface area contributed by atoms with Crippen molar-refractivity contribution in [1.29, 1.82) is 0 Å². The van der Waals surface area contributed by atoms with E-state index in [1.54, 1.807) is 0 Å². The van der Waals surface area contributed by atoms with Gasteiger partial charge in [-0.25, -0.2) is 0 Å². The van der Waals surface area contributed by atoms with Crippen molar-refractivity contribution < 1.29 is 0 Å². The molecule has 14 heavy (non-hydrogen) atoms. The highest BCUT2D eigenvalue weighted by molar-refractivity contribution is 5.10. The van der Waals surface area contributed by atoms with Gasteiger partial charge < -0.3 is 0 Å². The van der Waals surface area contributed by atoms with Crippen molar-refractivity contribution in [3.63, 3.8) is 0 Å². The minimum atomic E-state index is 1.24. The quantitative estimate of drug-likeness (QED) is 0.515. The van der Waals surface area contributed by atoms with E-state index in [-0.39, 0.29) is 0 Å². The molecule has 1 rings (SSSR count). The second-order valence-electron chi connectivity index (χ2n) is 3.94. The van der Waals surface area contributed by atoms with Crippen molar-refractivity contribution in [2.24, 2.45) is 0 Å². The van der Waals surface area contributed by atoms with Crippen molar-refractivity contribution in [2.45, 2.75) is 51.4 Å². The normalized spacial score (nSPS) is 20.6. The number of rotatable bonds is 0. The molecule has 0 saturated carbocycles. The molecule has 78 valence electrons. The van der Waals surface area contributed by atoms with Gasteiger partial charge in [-0.1, -0.05) is 62.1 Å². The molecule has 1 aliphatic carbocycles. The van der Waals surface area contributed by atoms with Gasteiger partial charge in [0.05, 0.1) is 0 Å². The molecule has 0 saturated heterocycles. The fourth-order valence-electron chi connectivity index (χ4n) is 1.71. The predicted octanol–water partition coefficient (Wildman–Crippen LogP) is 4.79. The van der Waals surface area contributed by atoms with Crippen LogP contribution in [-0.2, 0) is 0 Å². The topological polar surface area (TPSA) is 0 Å². The first-order valence-electron chi connectivity index (χ1n) is 5.98. The van der Waals surface area contributed by atoms with Crippen LogP contribution in [0.4, 0.5) is 0 Å². The Morgan fingerprint density at radius 2 is 0.857 bits per heavy atom. The average molecular weight is 190 g/mol. The predicted molar refractivity (Wildman–Crippen MR) is 64.4 cm³/mol. The number of hydrogen-bond donors (Lipinski definition) is 0. The van der Waals surface area contributed by atoms with Crippen LogP contribution in [0.25, 0.3) is 0 Å². The third-order valence-electron chi connectivity index (χ3n) is 2.60. The lowest BCUT2D eigenvalue weighted by Gasteiger charge is -1.99. The van der Waals surface area contributed by atoms with Gasteiger partial charge in [-0.2, -0.15) is 0 Å². The molecule has 0 aromatic carbocycles. The minimum Gasteiger partial charge on any atom is -0.0845 e. The third-order valence-corrected chi connectivity index (χ3v) is 2.60. The van der Waals surface area contributed by atoms with Crippen molar-refractivity contribution in [2.75, 3.05) is 0 Å². The monoisotopic (exact) mass is 190 g/mol. The molecule has 0 atom stereocenters. The van der Waals surface area contributed by atoms with Gasteiger partial charge in [0.1, 0.15) is 0 Å². The van der Waals surface area contributed by atoms with Crippen molar-refractivity contribution in [3.05, 3.63) is 36.5 Å². The summed E-state index contributed by atoms with van der Waals surface area (Å²) in [5, 5.41) is 0. The standard InChI is InChI=1S/C14H22/c1-2-4-6-8-10-12-14-13-11-9-7-5-3-1/h1-6H,7-14H2. The molecule has 0 nitrogen and oxygen atoms in total. The van der Waals surface area contributed by atoms with Gasteiger partial charge in [0.2, 0.25) is 0 Å². The van der Waals surface area contributed by atoms with E-state index in [1.165, 1.54) is 51.4 Å². The molecule has 0 radical (unpaired) electrons. The molecule has 0 spiro atoms. The van der Waals surface area contributed by atoms with Crippen LogP contribution in [0.2, 0.25) is 0 Å². The Labute approximate surface area is 88.4 Å². The molecule has 0 N–H and O–H groups in total. The first-order chi connectivity index (χ1) is 7.00. The molecule has 0 fully saturated rings. The van der Waals surface area contributed by atoms with Crippen LogP contribution in [0.5, 0.6) is 0 Å². The average Bonchev–Trinajstić information content (AvgIpc) is 2.22. The highest BCUT2D eigenvalue weighted by Crippen LogP contribution is 2.09. The Balaban J connectivity index is 2.27. The molecule has 0 heteroatoms. The van der Waals surface area contributed by atoms with E-state index >= 15 is 0 Å². The first kappa shape index (κ1) is 11.3. The van der Waals surface area contributed by atoms with Crippen LogP contribution in [0.1, 0.15) is 51.4 Å². The van der Waals surface area contributed by atoms with E-state index < -0.39 is 0 Å². The van der Waals surface area contributed by atoms with Gasteiger partial charge in [-0.15, -0.1) is 0 Å². The second kappa shape index (κ2) is 8.80. The van der Waals surface area contributed by atoms with Gasteiger partial charge in [-0.3, -0.25) is 0 Å². The Hall–Kier alpha value is -0.780. The van der Waals surface area contributed by atoms with E-state index in [1.807, 2.05) is 0 Å². The van der Waals surface area contributed by atoms with Gasteiger partial charge in [0.15, 0.2) is 0 Å². The lowest BCUT2D eigenvalue weighted by atomic mass is 10.1. The molecular weight excluding hydrogens is 168 g/mol. The SMILES string of the molecule is C1=CC=CCCCCCCCCC=C1. The van der Waals surface area contributed by atoms with Crippen LogP contribution in [0.15, 0.2) is 36.5 Å². The van der Waals surface area contributed by atoms with Gasteiger partial charge in [-0.05, 0) is 25.7 Å². The van der Waals surface area contributed by atoms with E-state index in [4.69, 9.17) is 0 Å². The maximum Gasteiger partial charge on any atom is -0.0348 e. The van der Waals surface area contributed by atoms with E-state index in [0.717, 1.165) is 0 Å². The molecule has 0 amide bonds. The van der Waals surface area contributed by atoms with Crippen LogP contribution in [0, 0.1) is 0 Å². The molecule has 0 unspecified atom stereocenters. The Morgan fingerprint density at radius 3 is 1.36 bits per heavy atom. The molecule has 1 aliphatic rings. The zero-order chi connectivity index (χ0) is 9.90. The number of allylic oxidation sites excluding steroid dienone is 6. The molecule has 0 aromatic rings. The fraction of sp³-hybridized carbons (Fsp3) is 0.571. The van der Waals surface area contributed by atoms with Crippen LogP contribution in [0.3, 0.4) is 0 Å². The van der Waals surface area contributed by atoms with Gasteiger partial charge in [0, 0.05) is 0 Å². The summed E-state index contributed by atoms with van der Waals surface area (Å²) in [4.78, 5) is 0. The van der Waals surface area contributed by atoms with E-state index in [2.05, 4.69) is 36.5 Å². The lowest BCUT2D eigenvalue weighted by molar-refractivity contribution is 0.600. The minimum absolute atomic E-state index is 1.24. The summed E-state index contributed by atoms with van der Waals surface area (Å²) in [5.74, 6) is 0. The largest absolute Gasteiger partial charge is 0.0845 e. The van der Waals surface area contributed by atoms with E-state index in [9.17, 15) is 0 Å². The summed E-state index contributed by atoms with van der Waals surface area (Å²) in [5.41, 5.74) is 0. The Kier molecular flexibility index (Phi) is 7.10. The first-order valence-corrected chi connectivity index (χ1v) is 5.98. The zero-order valence-corrected chi connectivity index (χ0v) is 9.12. The summed E-state index contributed by atoms with van der Waals surface area (Å²) in [6.07, 6.45) is 24.0. The maximum atomic E-state index is 2.27. The Bertz CT molecular complexity index is 174. The van der Waals surface area contributed by atoms with Crippen molar-refractivity contribution in [3.8, 4) is 0 Å². The summed E-state index contributed by atoms with van der Waals surface area (Å²) < 4.78 is 0. The number of hydrogen-bond acceptors (Lipinski definition) is 0. The molecule has 0 aromatic heterocycles. The lowest BCUT2D eigenvalue weighted by Crippen LogP contribution is -1.79. The van der Waals surface area contributed by atoms with Crippen LogP contribution >= 0.6 is 0 Å². The third kappa shape index (κ3) is 6.71. The summed E-state index contributed by atoms with van der Waals surface area (Å²) >= 11 is 0. The molecule has 0 aliphatic heterocycles. The molecular formula is C14H22. The maximum absolute atomic E-state index is 2.27. The van der Waals surface area contributed by atoms with Gasteiger partial charge >= 0.3 is 0 Å². The summed E-state index contributed by atoms with van der Waals surface area (Å²) in [6, 6.07) is 0. The van der Waals surface area contributed by atoms with E-state index in [0.29, 0.717) is 0 Å². The van der Waals surface area contributed by atoms with Gasteiger partial charge in [0.25, 0.3) is 0 Å². The zero-order valence-electron chi connectivity index (χ0n) is 9.12. The highest BCUT2D eigenvalue weighted by atomic mass is 14.0. The second-order valence-corrected chi connectivity index (χ2v) is 3.94. The Morgan fingerprint density at radius 1 is 0.429 bits per heavy atom. The summed E-state index contributed by atoms with van der Waals surface area (Å²) in [6.45, 7) is 0. The fourth-order valence-corrected chi connectivity index (χ4v) is 1.71. The van der Waals surface area contributed by atoms with Crippen molar-refractivity contribution in [1.82, 2.24) is 0 Å². The highest BCUT2D eigenvalue weighted by Gasteiger charge is 1.89. The van der Waals surface area contributed by atoms with Crippen molar-refractivity contribution >= 4 is 0 Å². The van der Waals surface area contributed by atoms with Crippen LogP contribution < -0.4 is 0 Å². The molecule has 0 heterocycles. The molecule has 0 bridgehead atoms. The smallest absolute Gasteiger partial charge is 0.0348 e.